The van der Waals surface area contributed by atoms with Gasteiger partial charge >= 0.3 is 0 Å². The summed E-state index contributed by atoms with van der Waals surface area (Å²) in [6.07, 6.45) is 0. The second kappa shape index (κ2) is 5.10. The van der Waals surface area contributed by atoms with Crippen LogP contribution in [0.1, 0.15) is 0 Å². The predicted molar refractivity (Wildman–Crippen MR) is 68.4 cm³/mol. The smallest absolute Gasteiger partial charge is 0.272 e. The second-order valence-electron chi connectivity index (χ2n) is 3.53. The molecule has 1 aromatic heterocycles. The fourth-order valence-corrected chi connectivity index (χ4v) is 1.71. The second-order valence-corrected chi connectivity index (χ2v) is 3.92. The Morgan fingerprint density at radius 1 is 1.11 bits per heavy atom. The van der Waals surface area contributed by atoms with E-state index in [-0.39, 0.29) is 10.7 Å². The molecule has 0 amide bonds. The summed E-state index contributed by atoms with van der Waals surface area (Å²) in [6, 6.07) is 6.67. The average molecular weight is 267 g/mol. The molecule has 0 unspecified atom stereocenters. The van der Waals surface area contributed by atoms with Gasteiger partial charge in [0, 0.05) is 6.07 Å². The molecular weight excluding hydrogens is 256 g/mol. The summed E-state index contributed by atoms with van der Waals surface area (Å²) < 4.78 is 10.3. The SMILES string of the molecule is COc1cc(OC)cc(-c2cc(Cl)n[nH]c2=O)c1. The molecule has 2 rings (SSSR count). The van der Waals surface area contributed by atoms with Crippen molar-refractivity contribution < 1.29 is 9.47 Å². The van der Waals surface area contributed by atoms with Gasteiger partial charge in [0.1, 0.15) is 16.7 Å². The lowest BCUT2D eigenvalue weighted by Gasteiger charge is -2.08. The maximum atomic E-state index is 11.7. The molecule has 0 saturated heterocycles. The molecule has 0 radical (unpaired) electrons. The van der Waals surface area contributed by atoms with Crippen LogP contribution in [-0.2, 0) is 0 Å². The number of halogens is 1. The van der Waals surface area contributed by atoms with E-state index in [1.807, 2.05) is 0 Å². The molecule has 0 atom stereocenters. The molecule has 1 heterocycles. The number of H-pyrrole nitrogens is 1. The number of nitrogens with zero attached hydrogens (tertiary/aromatic N) is 1. The lowest BCUT2D eigenvalue weighted by Crippen LogP contribution is -2.10. The minimum absolute atomic E-state index is 0.214. The number of aromatic amines is 1. The minimum Gasteiger partial charge on any atom is -0.497 e. The molecule has 1 N–H and O–H groups in total. The van der Waals surface area contributed by atoms with Crippen LogP contribution in [0, 0.1) is 0 Å². The molecule has 0 fully saturated rings. The Bertz CT molecular complexity index is 603. The normalized spacial score (nSPS) is 10.2. The predicted octanol–water partition coefficient (Wildman–Crippen LogP) is 2.11. The van der Waals surface area contributed by atoms with Crippen LogP contribution in [0.25, 0.3) is 11.1 Å². The number of aromatic nitrogens is 2. The van der Waals surface area contributed by atoms with Crippen molar-refractivity contribution >= 4 is 11.6 Å². The van der Waals surface area contributed by atoms with Crippen LogP contribution in [-0.4, -0.2) is 24.4 Å². The summed E-state index contributed by atoms with van der Waals surface area (Å²) in [5.74, 6) is 1.19. The lowest BCUT2D eigenvalue weighted by molar-refractivity contribution is 0.394. The number of nitrogens with one attached hydrogen (secondary N) is 1. The Labute approximate surface area is 108 Å². The van der Waals surface area contributed by atoms with Crippen LogP contribution in [0.2, 0.25) is 5.15 Å². The molecule has 5 nitrogen and oxygen atoms in total. The molecule has 94 valence electrons. The highest BCUT2D eigenvalue weighted by Gasteiger charge is 2.09. The standard InChI is InChI=1S/C12H11ClN2O3/c1-17-8-3-7(4-9(5-8)18-2)10-6-11(13)14-15-12(10)16/h3-6H,1-2H3,(H,15,16). The van der Waals surface area contributed by atoms with Gasteiger partial charge in [0.05, 0.1) is 19.8 Å². The van der Waals surface area contributed by atoms with Crippen molar-refractivity contribution in [2.75, 3.05) is 14.2 Å². The van der Waals surface area contributed by atoms with Gasteiger partial charge in [-0.3, -0.25) is 4.79 Å². The van der Waals surface area contributed by atoms with Gasteiger partial charge in [0.25, 0.3) is 5.56 Å². The lowest BCUT2D eigenvalue weighted by atomic mass is 10.1. The molecule has 18 heavy (non-hydrogen) atoms. The Kier molecular flexibility index (Phi) is 3.53. The van der Waals surface area contributed by atoms with Gasteiger partial charge in [-0.25, -0.2) is 5.10 Å². The van der Waals surface area contributed by atoms with E-state index < -0.39 is 0 Å². The van der Waals surface area contributed by atoms with Crippen molar-refractivity contribution in [2.24, 2.45) is 0 Å². The molecule has 0 spiro atoms. The number of ether oxygens (including phenoxy) is 2. The summed E-state index contributed by atoms with van der Waals surface area (Å²) in [6.45, 7) is 0. The van der Waals surface area contributed by atoms with Crippen LogP contribution in [0.3, 0.4) is 0 Å². The highest BCUT2D eigenvalue weighted by Crippen LogP contribution is 2.28. The highest BCUT2D eigenvalue weighted by atomic mass is 35.5. The highest BCUT2D eigenvalue weighted by molar-refractivity contribution is 6.29. The van der Waals surface area contributed by atoms with Crippen molar-refractivity contribution in [2.45, 2.75) is 0 Å². The zero-order valence-corrected chi connectivity index (χ0v) is 10.6. The molecule has 2 aromatic rings. The number of hydrogen-bond acceptors (Lipinski definition) is 4. The van der Waals surface area contributed by atoms with E-state index in [1.54, 1.807) is 32.4 Å². The van der Waals surface area contributed by atoms with Gasteiger partial charge in [-0.2, -0.15) is 5.10 Å². The van der Waals surface area contributed by atoms with Crippen molar-refractivity contribution in [1.29, 1.82) is 0 Å². The zero-order valence-electron chi connectivity index (χ0n) is 9.86. The fourth-order valence-electron chi connectivity index (χ4n) is 1.56. The van der Waals surface area contributed by atoms with Crippen LogP contribution >= 0.6 is 11.6 Å². The summed E-state index contributed by atoms with van der Waals surface area (Å²) in [4.78, 5) is 11.7. The zero-order chi connectivity index (χ0) is 13.1. The number of benzene rings is 1. The van der Waals surface area contributed by atoms with Gasteiger partial charge in [0.15, 0.2) is 0 Å². The van der Waals surface area contributed by atoms with Crippen molar-refractivity contribution in [3.05, 3.63) is 39.8 Å². The first-order chi connectivity index (χ1) is 8.63. The van der Waals surface area contributed by atoms with E-state index >= 15 is 0 Å². The van der Waals surface area contributed by atoms with E-state index in [0.29, 0.717) is 22.6 Å². The number of methoxy groups -OCH3 is 2. The van der Waals surface area contributed by atoms with Gasteiger partial charge in [-0.15, -0.1) is 0 Å². The average Bonchev–Trinajstić information content (AvgIpc) is 2.40. The molecule has 0 bridgehead atoms. The third kappa shape index (κ3) is 2.46. The first-order valence-electron chi connectivity index (χ1n) is 5.12. The minimum atomic E-state index is -0.324. The van der Waals surface area contributed by atoms with Crippen LogP contribution in [0.15, 0.2) is 29.1 Å². The van der Waals surface area contributed by atoms with Crippen LogP contribution in [0.4, 0.5) is 0 Å². The monoisotopic (exact) mass is 266 g/mol. The Balaban J connectivity index is 2.62. The van der Waals surface area contributed by atoms with Gasteiger partial charge in [0.2, 0.25) is 0 Å². The Morgan fingerprint density at radius 2 is 1.72 bits per heavy atom. The topological polar surface area (TPSA) is 64.2 Å². The number of rotatable bonds is 3. The summed E-state index contributed by atoms with van der Waals surface area (Å²) in [5, 5.41) is 6.15. The summed E-state index contributed by atoms with van der Waals surface area (Å²) in [5.41, 5.74) is 0.735. The van der Waals surface area contributed by atoms with E-state index in [0.717, 1.165) is 0 Å². The third-order valence-electron chi connectivity index (χ3n) is 2.43. The maximum Gasteiger partial charge on any atom is 0.272 e. The van der Waals surface area contributed by atoms with Gasteiger partial charge in [-0.05, 0) is 23.8 Å². The van der Waals surface area contributed by atoms with E-state index in [2.05, 4.69) is 10.2 Å². The van der Waals surface area contributed by atoms with Crippen molar-refractivity contribution in [3.63, 3.8) is 0 Å². The van der Waals surface area contributed by atoms with Crippen LogP contribution in [0.5, 0.6) is 11.5 Å². The number of hydrogen-bond donors (Lipinski definition) is 1. The molecular formula is C12H11ClN2O3. The Hall–Kier alpha value is -2.01. The maximum absolute atomic E-state index is 11.7. The fraction of sp³-hybridized carbons (Fsp3) is 0.167. The first-order valence-corrected chi connectivity index (χ1v) is 5.50. The Morgan fingerprint density at radius 3 is 2.28 bits per heavy atom. The van der Waals surface area contributed by atoms with Gasteiger partial charge < -0.3 is 9.47 Å². The molecule has 1 aromatic carbocycles. The summed E-state index contributed by atoms with van der Waals surface area (Å²) in [7, 11) is 3.09. The van der Waals surface area contributed by atoms with Gasteiger partial charge in [-0.1, -0.05) is 11.6 Å². The molecule has 0 aliphatic carbocycles. The van der Waals surface area contributed by atoms with Crippen molar-refractivity contribution in [1.82, 2.24) is 10.2 Å². The largest absolute Gasteiger partial charge is 0.497 e. The van der Waals surface area contributed by atoms with Crippen molar-refractivity contribution in [3.8, 4) is 22.6 Å². The summed E-state index contributed by atoms with van der Waals surface area (Å²) >= 11 is 5.77. The molecule has 0 saturated carbocycles. The first kappa shape index (κ1) is 12.4. The van der Waals surface area contributed by atoms with E-state index in [9.17, 15) is 4.79 Å². The third-order valence-corrected chi connectivity index (χ3v) is 2.63. The molecule has 6 heteroatoms. The van der Waals surface area contributed by atoms with E-state index in [4.69, 9.17) is 21.1 Å². The molecule has 0 aliphatic rings. The quantitative estimate of drug-likeness (QED) is 0.924. The van der Waals surface area contributed by atoms with Crippen LogP contribution < -0.4 is 15.0 Å². The molecule has 0 aliphatic heterocycles. The van der Waals surface area contributed by atoms with E-state index in [1.165, 1.54) is 6.07 Å².